The first-order chi connectivity index (χ1) is 8.20. The Kier molecular flexibility index (Phi) is 4.11. The molecule has 0 atom stereocenters. The summed E-state index contributed by atoms with van der Waals surface area (Å²) < 4.78 is 0. The van der Waals surface area contributed by atoms with Crippen molar-refractivity contribution in [1.82, 2.24) is 0 Å². The summed E-state index contributed by atoms with van der Waals surface area (Å²) in [5.74, 6) is 0. The second-order valence-electron chi connectivity index (χ2n) is 3.54. The predicted octanol–water partition coefficient (Wildman–Crippen LogP) is 5.62. The van der Waals surface area contributed by atoms with Crippen LogP contribution in [0.25, 0.3) is 5.57 Å². The fourth-order valence-electron chi connectivity index (χ4n) is 1.55. The molecule has 0 heterocycles. The Labute approximate surface area is 115 Å². The van der Waals surface area contributed by atoms with Crippen LogP contribution < -0.4 is 0 Å². The lowest BCUT2D eigenvalue weighted by Crippen LogP contribution is -1.86. The highest BCUT2D eigenvalue weighted by Crippen LogP contribution is 2.26. The van der Waals surface area contributed by atoms with Crippen LogP contribution in [0.1, 0.15) is 11.1 Å². The molecule has 0 saturated carbocycles. The maximum absolute atomic E-state index is 5.89. The molecular weight excluding hydrogens is 275 g/mol. The van der Waals surface area contributed by atoms with Gasteiger partial charge in [-0.25, -0.2) is 0 Å². The van der Waals surface area contributed by atoms with E-state index in [9.17, 15) is 0 Å². The van der Waals surface area contributed by atoms with E-state index in [1.165, 1.54) is 0 Å². The average molecular weight is 284 g/mol. The molecule has 0 fully saturated rings. The molecule has 0 aliphatic heterocycles. The minimum atomic E-state index is 0.707. The summed E-state index contributed by atoms with van der Waals surface area (Å²) in [5, 5.41) is 1.41. The van der Waals surface area contributed by atoms with Gasteiger partial charge in [0, 0.05) is 21.2 Å². The zero-order valence-corrected chi connectivity index (χ0v) is 11.1. The predicted molar refractivity (Wildman–Crippen MR) is 75.8 cm³/mol. The van der Waals surface area contributed by atoms with Gasteiger partial charge in [0.2, 0.25) is 0 Å². The molecule has 2 aromatic carbocycles. The van der Waals surface area contributed by atoms with Crippen molar-refractivity contribution in [3.63, 3.8) is 0 Å². The summed E-state index contributed by atoms with van der Waals surface area (Å²) in [5.41, 5.74) is 4.55. The Morgan fingerprint density at radius 3 is 1.35 bits per heavy atom. The van der Waals surface area contributed by atoms with Gasteiger partial charge in [0.25, 0.3) is 0 Å². The van der Waals surface area contributed by atoms with E-state index in [4.69, 9.17) is 34.8 Å². The minimum absolute atomic E-state index is 0.707. The van der Waals surface area contributed by atoms with Gasteiger partial charge in [-0.1, -0.05) is 59.1 Å². The Bertz CT molecular complexity index is 477. The van der Waals surface area contributed by atoms with Gasteiger partial charge in [0.05, 0.1) is 0 Å². The minimum Gasteiger partial charge on any atom is -0.0923 e. The van der Waals surface area contributed by atoms with Crippen LogP contribution in [-0.4, -0.2) is 0 Å². The molecule has 17 heavy (non-hydrogen) atoms. The van der Waals surface area contributed by atoms with Gasteiger partial charge in [-0.05, 0) is 35.4 Å². The molecule has 0 radical (unpaired) electrons. The SMILES string of the molecule is ClC=C(c1ccc(Cl)cc1)c1ccc(Cl)cc1. The summed E-state index contributed by atoms with van der Waals surface area (Å²) >= 11 is 17.6. The second-order valence-corrected chi connectivity index (χ2v) is 4.63. The van der Waals surface area contributed by atoms with Crippen LogP contribution in [0.2, 0.25) is 10.0 Å². The van der Waals surface area contributed by atoms with Crippen molar-refractivity contribution in [2.24, 2.45) is 0 Å². The van der Waals surface area contributed by atoms with Gasteiger partial charge < -0.3 is 0 Å². The topological polar surface area (TPSA) is 0 Å². The first-order valence-electron chi connectivity index (χ1n) is 5.03. The van der Waals surface area contributed by atoms with Gasteiger partial charge in [0.15, 0.2) is 0 Å². The Morgan fingerprint density at radius 1 is 0.706 bits per heavy atom. The molecule has 0 aliphatic carbocycles. The number of benzene rings is 2. The third-order valence-electron chi connectivity index (χ3n) is 2.42. The van der Waals surface area contributed by atoms with Gasteiger partial charge in [0.1, 0.15) is 0 Å². The molecule has 0 aliphatic rings. The molecule has 2 rings (SSSR count). The molecule has 0 nitrogen and oxygen atoms in total. The first kappa shape index (κ1) is 12.5. The van der Waals surface area contributed by atoms with E-state index in [0.29, 0.717) is 10.0 Å². The molecule has 0 unspecified atom stereocenters. The van der Waals surface area contributed by atoms with E-state index in [0.717, 1.165) is 16.7 Å². The molecule has 0 spiro atoms. The smallest absolute Gasteiger partial charge is 0.0406 e. The first-order valence-corrected chi connectivity index (χ1v) is 6.22. The summed E-state index contributed by atoms with van der Waals surface area (Å²) in [6.07, 6.45) is 0. The summed E-state index contributed by atoms with van der Waals surface area (Å²) in [6.45, 7) is 0. The van der Waals surface area contributed by atoms with E-state index >= 15 is 0 Å². The third-order valence-corrected chi connectivity index (χ3v) is 3.14. The monoisotopic (exact) mass is 282 g/mol. The Hall–Kier alpha value is -0.950. The zero-order valence-electron chi connectivity index (χ0n) is 8.83. The van der Waals surface area contributed by atoms with E-state index in [1.807, 2.05) is 48.5 Å². The number of hydrogen-bond acceptors (Lipinski definition) is 0. The maximum Gasteiger partial charge on any atom is 0.0406 e. The Balaban J connectivity index is 2.41. The molecule has 0 amide bonds. The molecule has 0 aromatic heterocycles. The van der Waals surface area contributed by atoms with Crippen LogP contribution in [0, 0.1) is 0 Å². The molecule has 2 aromatic rings. The lowest BCUT2D eigenvalue weighted by atomic mass is 10.00. The van der Waals surface area contributed by atoms with Crippen LogP contribution in [0.5, 0.6) is 0 Å². The molecule has 86 valence electrons. The highest BCUT2D eigenvalue weighted by Gasteiger charge is 2.04. The largest absolute Gasteiger partial charge is 0.0923 e. The highest BCUT2D eigenvalue weighted by atomic mass is 35.5. The van der Waals surface area contributed by atoms with E-state index in [1.54, 1.807) is 5.54 Å². The lowest BCUT2D eigenvalue weighted by Gasteiger charge is -2.07. The second kappa shape index (κ2) is 5.59. The van der Waals surface area contributed by atoms with Crippen molar-refractivity contribution in [3.05, 3.63) is 75.2 Å². The summed E-state index contributed by atoms with van der Waals surface area (Å²) in [6, 6.07) is 15.1. The molecule has 3 heteroatoms. The number of rotatable bonds is 2. The van der Waals surface area contributed by atoms with Crippen LogP contribution >= 0.6 is 34.8 Å². The number of hydrogen-bond donors (Lipinski definition) is 0. The van der Waals surface area contributed by atoms with E-state index < -0.39 is 0 Å². The third kappa shape index (κ3) is 3.04. The highest BCUT2D eigenvalue weighted by molar-refractivity contribution is 6.31. The fourth-order valence-corrected chi connectivity index (χ4v) is 2.06. The molecule has 0 bridgehead atoms. The molecular formula is C14H9Cl3. The summed E-state index contributed by atoms with van der Waals surface area (Å²) in [4.78, 5) is 0. The van der Waals surface area contributed by atoms with Gasteiger partial charge in [-0.3, -0.25) is 0 Å². The Morgan fingerprint density at radius 2 is 1.06 bits per heavy atom. The van der Waals surface area contributed by atoms with Crippen LogP contribution in [-0.2, 0) is 0 Å². The average Bonchev–Trinajstić information content (AvgIpc) is 2.35. The van der Waals surface area contributed by atoms with Crippen molar-refractivity contribution in [3.8, 4) is 0 Å². The van der Waals surface area contributed by atoms with Crippen molar-refractivity contribution >= 4 is 40.4 Å². The van der Waals surface area contributed by atoms with Crippen molar-refractivity contribution in [2.45, 2.75) is 0 Å². The van der Waals surface area contributed by atoms with E-state index in [-0.39, 0.29) is 0 Å². The lowest BCUT2D eigenvalue weighted by molar-refractivity contribution is 1.55. The quantitative estimate of drug-likeness (QED) is 0.671. The van der Waals surface area contributed by atoms with Gasteiger partial charge in [-0.2, -0.15) is 0 Å². The number of halogens is 3. The van der Waals surface area contributed by atoms with E-state index in [2.05, 4.69) is 0 Å². The van der Waals surface area contributed by atoms with Gasteiger partial charge >= 0.3 is 0 Å². The summed E-state index contributed by atoms with van der Waals surface area (Å²) in [7, 11) is 0. The van der Waals surface area contributed by atoms with Crippen LogP contribution in [0.15, 0.2) is 54.1 Å². The van der Waals surface area contributed by atoms with Crippen LogP contribution in [0.3, 0.4) is 0 Å². The molecule has 0 saturated heterocycles. The standard InChI is InChI=1S/C14H9Cl3/c15-9-14(10-1-5-12(16)6-2-10)11-3-7-13(17)8-4-11/h1-9H. The van der Waals surface area contributed by atoms with Gasteiger partial charge in [-0.15, -0.1) is 0 Å². The molecule has 0 N–H and O–H groups in total. The van der Waals surface area contributed by atoms with Crippen molar-refractivity contribution in [1.29, 1.82) is 0 Å². The maximum atomic E-state index is 5.89. The normalized spacial score (nSPS) is 10.1. The fraction of sp³-hybridized carbons (Fsp3) is 0. The zero-order chi connectivity index (χ0) is 12.3. The van der Waals surface area contributed by atoms with Crippen LogP contribution in [0.4, 0.5) is 0 Å². The van der Waals surface area contributed by atoms with Crippen molar-refractivity contribution < 1.29 is 0 Å². The van der Waals surface area contributed by atoms with Crippen molar-refractivity contribution in [2.75, 3.05) is 0 Å².